The molecule has 6 rings (SSSR count). The highest BCUT2D eigenvalue weighted by atomic mass is 32.1. The Morgan fingerprint density at radius 2 is 2.10 bits per heavy atom. The number of fused-ring (bicyclic) bond motifs is 4. The van der Waals surface area contributed by atoms with Gasteiger partial charge in [0.2, 0.25) is 0 Å². The average Bonchev–Trinajstić information content (AvgIpc) is 3.30. The Morgan fingerprint density at radius 1 is 1.29 bits per heavy atom. The quantitative estimate of drug-likeness (QED) is 0.744. The third kappa shape index (κ3) is 3.89. The number of amides is 1. The van der Waals surface area contributed by atoms with E-state index in [1.165, 1.54) is 0 Å². The summed E-state index contributed by atoms with van der Waals surface area (Å²) in [6.45, 7) is 7.82. The van der Waals surface area contributed by atoms with Gasteiger partial charge in [-0.15, -0.1) is 0 Å². The van der Waals surface area contributed by atoms with Crippen LogP contribution >= 0.6 is 11.3 Å². The molecule has 7 heteroatoms. The first kappa shape index (κ1) is 20.6. The summed E-state index contributed by atoms with van der Waals surface area (Å²) in [5.41, 5.74) is 2.74. The van der Waals surface area contributed by atoms with Crippen molar-refractivity contribution in [1.82, 2.24) is 10.2 Å². The van der Waals surface area contributed by atoms with Crippen molar-refractivity contribution in [2.24, 2.45) is 11.3 Å². The Bertz CT molecular complexity index is 951. The minimum Gasteiger partial charge on any atom is -0.496 e. The molecule has 0 saturated carbocycles. The van der Waals surface area contributed by atoms with Gasteiger partial charge >= 0.3 is 6.09 Å². The van der Waals surface area contributed by atoms with Crippen LogP contribution in [0, 0.1) is 11.3 Å². The van der Waals surface area contributed by atoms with Gasteiger partial charge in [0.1, 0.15) is 17.6 Å². The molecular weight excluding hydrogens is 412 g/mol. The third-order valence-corrected chi connectivity index (χ3v) is 7.66. The maximum atomic E-state index is 12.9. The molecule has 3 saturated heterocycles. The number of ether oxygens (including phenoxy) is 3. The number of thiophene rings is 1. The van der Waals surface area contributed by atoms with E-state index in [1.54, 1.807) is 18.4 Å². The third-order valence-electron chi connectivity index (χ3n) is 6.97. The van der Waals surface area contributed by atoms with E-state index in [0.717, 1.165) is 60.7 Å². The lowest BCUT2D eigenvalue weighted by Gasteiger charge is -2.44. The number of hydrogen-bond acceptors (Lipinski definition) is 6. The van der Waals surface area contributed by atoms with Crippen LogP contribution in [0.2, 0.25) is 0 Å². The van der Waals surface area contributed by atoms with E-state index in [4.69, 9.17) is 14.2 Å². The van der Waals surface area contributed by atoms with Crippen molar-refractivity contribution < 1.29 is 19.0 Å². The topological polar surface area (TPSA) is 60.0 Å². The smallest absolute Gasteiger partial charge is 0.407 e. The molecule has 6 nitrogen and oxygen atoms in total. The zero-order chi connectivity index (χ0) is 21.6. The van der Waals surface area contributed by atoms with E-state index >= 15 is 0 Å². The summed E-state index contributed by atoms with van der Waals surface area (Å²) >= 11 is 1.65. The molecule has 4 aliphatic heterocycles. The fourth-order valence-electron chi connectivity index (χ4n) is 5.11. The monoisotopic (exact) mass is 442 g/mol. The number of nitrogens with zero attached hydrogens (tertiary/aromatic N) is 1. The van der Waals surface area contributed by atoms with Crippen molar-refractivity contribution in [3.8, 4) is 22.6 Å². The molecule has 4 aliphatic rings. The molecule has 3 fully saturated rings. The normalized spacial score (nSPS) is 28.4. The number of carbonyl (C=O) groups excluding carboxylic acids is 1. The van der Waals surface area contributed by atoms with Gasteiger partial charge in [-0.25, -0.2) is 4.79 Å². The van der Waals surface area contributed by atoms with Crippen molar-refractivity contribution in [1.29, 1.82) is 0 Å². The Labute approximate surface area is 187 Å². The standard InChI is InChI=1S/C24H30N2O4S/c1-24(2)14-29-20-10-17(16-6-9-31-13-16)19(28-3)11-18(20)22(24)25-23(27)30-21-12-26-7-4-15(21)5-8-26/h6,9-11,13,15,21-22H,4-5,7-8,12,14H2,1-3H3,(H,25,27)/t21-,22?/m0/s1. The van der Waals surface area contributed by atoms with Gasteiger partial charge in [-0.2, -0.15) is 11.3 Å². The van der Waals surface area contributed by atoms with Crippen LogP contribution in [0.1, 0.15) is 38.3 Å². The second-order valence-corrected chi connectivity index (χ2v) is 10.3. The molecule has 1 unspecified atom stereocenters. The molecule has 1 aromatic heterocycles. The zero-order valence-electron chi connectivity index (χ0n) is 18.3. The summed E-state index contributed by atoms with van der Waals surface area (Å²) in [6, 6.07) is 5.87. The van der Waals surface area contributed by atoms with E-state index in [2.05, 4.69) is 35.5 Å². The summed E-state index contributed by atoms with van der Waals surface area (Å²) in [7, 11) is 1.68. The fourth-order valence-corrected chi connectivity index (χ4v) is 5.77. The highest BCUT2D eigenvalue weighted by molar-refractivity contribution is 7.08. The second-order valence-electron chi connectivity index (χ2n) is 9.54. The van der Waals surface area contributed by atoms with Gasteiger partial charge in [0.05, 0.1) is 19.8 Å². The number of piperidine rings is 3. The van der Waals surface area contributed by atoms with E-state index in [1.807, 2.05) is 17.5 Å². The molecule has 1 N–H and O–H groups in total. The molecule has 1 aromatic carbocycles. The van der Waals surface area contributed by atoms with Gasteiger partial charge in [0.15, 0.2) is 0 Å². The SMILES string of the molecule is COc1cc2c(cc1-c1ccsc1)OCC(C)(C)C2NC(=O)O[C@H]1CN2CCC1CC2. The Morgan fingerprint density at radius 3 is 2.74 bits per heavy atom. The zero-order valence-corrected chi connectivity index (χ0v) is 19.2. The lowest BCUT2D eigenvalue weighted by atomic mass is 9.78. The lowest BCUT2D eigenvalue weighted by molar-refractivity contribution is -0.0361. The van der Waals surface area contributed by atoms with Crippen molar-refractivity contribution >= 4 is 17.4 Å². The van der Waals surface area contributed by atoms with E-state index in [9.17, 15) is 4.79 Å². The predicted molar refractivity (Wildman–Crippen MR) is 121 cm³/mol. The molecule has 2 atom stereocenters. The average molecular weight is 443 g/mol. The predicted octanol–water partition coefficient (Wildman–Crippen LogP) is 4.70. The summed E-state index contributed by atoms with van der Waals surface area (Å²) < 4.78 is 17.8. The Kier molecular flexibility index (Phi) is 5.34. The van der Waals surface area contributed by atoms with E-state index in [0.29, 0.717) is 12.5 Å². The second kappa shape index (κ2) is 8.02. The maximum Gasteiger partial charge on any atom is 0.407 e. The number of methoxy groups -OCH3 is 1. The number of carbonyl (C=O) groups is 1. The first-order valence-corrected chi connectivity index (χ1v) is 12.0. The fraction of sp³-hybridized carbons (Fsp3) is 0.542. The molecule has 0 spiro atoms. The van der Waals surface area contributed by atoms with Crippen LogP contribution in [0.4, 0.5) is 4.79 Å². The molecule has 0 radical (unpaired) electrons. The van der Waals surface area contributed by atoms with E-state index < -0.39 is 0 Å². The van der Waals surface area contributed by atoms with Gasteiger partial charge < -0.3 is 19.5 Å². The minimum absolute atomic E-state index is 0.0135. The van der Waals surface area contributed by atoms with Crippen molar-refractivity contribution in [2.75, 3.05) is 33.4 Å². The molecule has 1 amide bonds. The highest BCUT2D eigenvalue weighted by Gasteiger charge is 2.41. The summed E-state index contributed by atoms with van der Waals surface area (Å²) in [5, 5.41) is 7.31. The van der Waals surface area contributed by atoms with Crippen LogP contribution < -0.4 is 14.8 Å². The number of benzene rings is 1. The number of hydrogen-bond donors (Lipinski definition) is 1. The van der Waals surface area contributed by atoms with Crippen molar-refractivity contribution in [3.05, 3.63) is 34.5 Å². The Hall–Kier alpha value is -2.25. The van der Waals surface area contributed by atoms with Crippen LogP contribution in [0.3, 0.4) is 0 Å². The number of rotatable bonds is 4. The first-order chi connectivity index (χ1) is 14.9. The molecule has 5 heterocycles. The molecule has 2 bridgehead atoms. The number of nitrogens with one attached hydrogen (secondary N) is 1. The van der Waals surface area contributed by atoms with Crippen LogP contribution in [0.5, 0.6) is 11.5 Å². The van der Waals surface area contributed by atoms with Gasteiger partial charge in [0, 0.05) is 23.1 Å². The molecule has 2 aromatic rings. The van der Waals surface area contributed by atoms with Gasteiger partial charge in [0.25, 0.3) is 0 Å². The summed E-state index contributed by atoms with van der Waals surface area (Å²) in [4.78, 5) is 15.3. The molecular formula is C24H30N2O4S. The van der Waals surface area contributed by atoms with Crippen LogP contribution in [0.15, 0.2) is 29.0 Å². The summed E-state index contributed by atoms with van der Waals surface area (Å²) in [5.74, 6) is 2.05. The van der Waals surface area contributed by atoms with E-state index in [-0.39, 0.29) is 23.7 Å². The summed E-state index contributed by atoms with van der Waals surface area (Å²) in [6.07, 6.45) is 1.88. The van der Waals surface area contributed by atoms with Crippen molar-refractivity contribution in [2.45, 2.75) is 38.8 Å². The van der Waals surface area contributed by atoms with Crippen LogP contribution in [-0.4, -0.2) is 50.4 Å². The lowest BCUT2D eigenvalue weighted by Crippen LogP contribution is -2.53. The molecule has 31 heavy (non-hydrogen) atoms. The largest absolute Gasteiger partial charge is 0.496 e. The Balaban J connectivity index is 1.40. The minimum atomic E-state index is -0.342. The highest BCUT2D eigenvalue weighted by Crippen LogP contribution is 2.47. The molecule has 0 aliphatic carbocycles. The van der Waals surface area contributed by atoms with Gasteiger partial charge in [-0.3, -0.25) is 4.90 Å². The number of alkyl carbamates (subject to hydrolysis) is 1. The first-order valence-electron chi connectivity index (χ1n) is 11.0. The molecule has 166 valence electrons. The van der Waals surface area contributed by atoms with Crippen LogP contribution in [0.25, 0.3) is 11.1 Å². The van der Waals surface area contributed by atoms with Crippen molar-refractivity contribution in [3.63, 3.8) is 0 Å². The maximum absolute atomic E-state index is 12.9. The van der Waals surface area contributed by atoms with Crippen LogP contribution in [-0.2, 0) is 4.74 Å². The van der Waals surface area contributed by atoms with Gasteiger partial charge in [-0.1, -0.05) is 13.8 Å². The van der Waals surface area contributed by atoms with Gasteiger partial charge in [-0.05, 0) is 66.4 Å².